The van der Waals surface area contributed by atoms with Gasteiger partial charge in [0.05, 0.1) is 27.8 Å². The predicted octanol–water partition coefficient (Wildman–Crippen LogP) is 2.80. The van der Waals surface area contributed by atoms with Crippen LogP contribution in [0.3, 0.4) is 0 Å². The molecule has 124 valence electrons. The monoisotopic (exact) mass is 354 g/mol. The van der Waals surface area contributed by atoms with Gasteiger partial charge < -0.3 is 11.1 Å². The number of nitrogens with zero attached hydrogens (tertiary/aromatic N) is 2. The number of nitrogens with two attached hydrogens (primary N) is 1. The Hall–Kier alpha value is -1.56. The Bertz CT molecular complexity index is 727. The number of benzene rings is 1. The molecule has 23 heavy (non-hydrogen) atoms. The molecule has 0 saturated heterocycles. The molecule has 1 atom stereocenters. The topological polar surface area (TPSA) is 72.9 Å². The fourth-order valence-corrected chi connectivity index (χ4v) is 2.64. The van der Waals surface area contributed by atoms with E-state index >= 15 is 0 Å². The second-order valence-corrected chi connectivity index (χ2v) is 6.36. The van der Waals surface area contributed by atoms with Gasteiger partial charge in [0.25, 0.3) is 0 Å². The van der Waals surface area contributed by atoms with Gasteiger partial charge in [0, 0.05) is 23.8 Å². The van der Waals surface area contributed by atoms with Crippen molar-refractivity contribution in [3.8, 4) is 5.69 Å². The van der Waals surface area contributed by atoms with Crippen molar-refractivity contribution in [2.75, 3.05) is 6.54 Å². The molecule has 0 aliphatic heterocycles. The van der Waals surface area contributed by atoms with E-state index in [0.29, 0.717) is 16.6 Å². The quantitative estimate of drug-likeness (QED) is 0.866. The highest BCUT2D eigenvalue weighted by Crippen LogP contribution is 2.26. The van der Waals surface area contributed by atoms with E-state index in [-0.39, 0.29) is 18.4 Å². The van der Waals surface area contributed by atoms with Crippen molar-refractivity contribution in [3.63, 3.8) is 0 Å². The first-order valence-electron chi connectivity index (χ1n) is 7.33. The van der Waals surface area contributed by atoms with Crippen LogP contribution in [0.2, 0.25) is 10.0 Å². The molecule has 0 aliphatic rings. The summed E-state index contributed by atoms with van der Waals surface area (Å²) < 4.78 is 1.77. The lowest BCUT2D eigenvalue weighted by Gasteiger charge is -2.11. The number of aromatic nitrogens is 2. The smallest absolute Gasteiger partial charge is 0.224 e. The summed E-state index contributed by atoms with van der Waals surface area (Å²) >= 11 is 12.0. The van der Waals surface area contributed by atoms with E-state index in [4.69, 9.17) is 28.9 Å². The molecule has 5 nitrogen and oxygen atoms in total. The highest BCUT2D eigenvalue weighted by Gasteiger charge is 2.17. The van der Waals surface area contributed by atoms with Gasteiger partial charge in [-0.3, -0.25) is 4.79 Å². The van der Waals surface area contributed by atoms with Gasteiger partial charge in [0.15, 0.2) is 0 Å². The molecule has 0 fully saturated rings. The standard InChI is InChI=1S/C16H20Cl2N4O/c1-9(8-19)20-16(23)7-13-10(2)21-22(11(13)3)12-4-5-14(17)15(18)6-12/h4-6,9H,7-8,19H2,1-3H3,(H,20,23)/t9-/m0/s1. The minimum atomic E-state index is -0.0668. The normalized spacial score (nSPS) is 12.3. The molecule has 7 heteroatoms. The molecule has 1 amide bonds. The molecule has 2 aromatic rings. The average molecular weight is 355 g/mol. The van der Waals surface area contributed by atoms with Gasteiger partial charge >= 0.3 is 0 Å². The van der Waals surface area contributed by atoms with E-state index in [2.05, 4.69) is 10.4 Å². The number of carbonyl (C=O) groups excluding carboxylic acids is 1. The van der Waals surface area contributed by atoms with E-state index < -0.39 is 0 Å². The number of hydrogen-bond donors (Lipinski definition) is 2. The minimum absolute atomic E-state index is 0.0479. The second kappa shape index (κ2) is 7.34. The number of aryl methyl sites for hydroxylation is 1. The van der Waals surface area contributed by atoms with Gasteiger partial charge in [-0.15, -0.1) is 0 Å². The molecule has 1 aromatic carbocycles. The third-order valence-corrected chi connectivity index (χ3v) is 4.43. The van der Waals surface area contributed by atoms with Crippen molar-refractivity contribution < 1.29 is 4.79 Å². The van der Waals surface area contributed by atoms with Gasteiger partial charge in [0.2, 0.25) is 5.91 Å². The summed E-state index contributed by atoms with van der Waals surface area (Å²) in [6, 6.07) is 5.27. The Morgan fingerprint density at radius 3 is 2.65 bits per heavy atom. The summed E-state index contributed by atoms with van der Waals surface area (Å²) in [6.45, 7) is 6.09. The Balaban J connectivity index is 2.28. The van der Waals surface area contributed by atoms with Gasteiger partial charge in [-0.25, -0.2) is 4.68 Å². The first kappa shape index (κ1) is 17.8. The lowest BCUT2D eigenvalue weighted by molar-refractivity contribution is -0.121. The van der Waals surface area contributed by atoms with Gasteiger partial charge in [0.1, 0.15) is 0 Å². The third kappa shape index (κ3) is 4.05. The maximum atomic E-state index is 12.1. The summed E-state index contributed by atoms with van der Waals surface area (Å²) in [5.41, 5.74) is 8.94. The predicted molar refractivity (Wildman–Crippen MR) is 93.4 cm³/mol. The molecule has 0 radical (unpaired) electrons. The molecular weight excluding hydrogens is 335 g/mol. The van der Waals surface area contributed by atoms with Crippen LogP contribution < -0.4 is 11.1 Å². The molecular formula is C16H20Cl2N4O. The van der Waals surface area contributed by atoms with Crippen LogP contribution in [0.5, 0.6) is 0 Å². The van der Waals surface area contributed by atoms with Crippen LogP contribution in [-0.4, -0.2) is 28.3 Å². The summed E-state index contributed by atoms with van der Waals surface area (Å²) in [5.74, 6) is -0.0668. The third-order valence-electron chi connectivity index (χ3n) is 3.69. The molecule has 0 unspecified atom stereocenters. The Labute approximate surface area is 145 Å². The van der Waals surface area contributed by atoms with E-state index in [0.717, 1.165) is 22.6 Å². The number of amides is 1. The van der Waals surface area contributed by atoms with Crippen LogP contribution in [0.1, 0.15) is 23.9 Å². The van der Waals surface area contributed by atoms with E-state index in [1.54, 1.807) is 16.8 Å². The molecule has 0 bridgehead atoms. The van der Waals surface area contributed by atoms with Crippen molar-refractivity contribution in [2.45, 2.75) is 33.2 Å². The lowest BCUT2D eigenvalue weighted by Crippen LogP contribution is -2.38. The molecule has 1 heterocycles. The number of carbonyl (C=O) groups is 1. The van der Waals surface area contributed by atoms with Crippen LogP contribution in [0.4, 0.5) is 0 Å². The number of halogens is 2. The van der Waals surface area contributed by atoms with Crippen molar-refractivity contribution in [1.82, 2.24) is 15.1 Å². The zero-order chi connectivity index (χ0) is 17.1. The Morgan fingerprint density at radius 1 is 1.35 bits per heavy atom. The van der Waals surface area contributed by atoms with Crippen molar-refractivity contribution >= 4 is 29.1 Å². The molecule has 0 aliphatic carbocycles. The van der Waals surface area contributed by atoms with Crippen LogP contribution >= 0.6 is 23.2 Å². The van der Waals surface area contributed by atoms with Gasteiger partial charge in [-0.05, 0) is 39.0 Å². The molecule has 0 spiro atoms. The van der Waals surface area contributed by atoms with E-state index in [9.17, 15) is 4.79 Å². The van der Waals surface area contributed by atoms with Gasteiger partial charge in [-0.1, -0.05) is 23.2 Å². The Morgan fingerprint density at radius 2 is 2.04 bits per heavy atom. The number of hydrogen-bond acceptors (Lipinski definition) is 3. The summed E-state index contributed by atoms with van der Waals surface area (Å²) in [7, 11) is 0. The lowest BCUT2D eigenvalue weighted by atomic mass is 10.1. The molecule has 1 aromatic heterocycles. The van der Waals surface area contributed by atoms with E-state index in [1.165, 1.54) is 0 Å². The largest absolute Gasteiger partial charge is 0.352 e. The number of nitrogens with one attached hydrogen (secondary N) is 1. The Kier molecular flexibility index (Phi) is 5.68. The maximum absolute atomic E-state index is 12.1. The highest BCUT2D eigenvalue weighted by atomic mass is 35.5. The highest BCUT2D eigenvalue weighted by molar-refractivity contribution is 6.42. The van der Waals surface area contributed by atoms with Gasteiger partial charge in [-0.2, -0.15) is 5.10 Å². The first-order chi connectivity index (χ1) is 10.8. The fourth-order valence-electron chi connectivity index (χ4n) is 2.34. The second-order valence-electron chi connectivity index (χ2n) is 5.54. The van der Waals surface area contributed by atoms with Crippen molar-refractivity contribution in [1.29, 1.82) is 0 Å². The van der Waals surface area contributed by atoms with Crippen molar-refractivity contribution in [2.24, 2.45) is 5.73 Å². The molecule has 3 N–H and O–H groups in total. The average Bonchev–Trinajstić information content (AvgIpc) is 2.78. The summed E-state index contributed by atoms with van der Waals surface area (Å²) in [6.07, 6.45) is 0.267. The summed E-state index contributed by atoms with van der Waals surface area (Å²) in [5, 5.41) is 8.33. The van der Waals surface area contributed by atoms with Crippen LogP contribution in [0.25, 0.3) is 5.69 Å². The van der Waals surface area contributed by atoms with E-state index in [1.807, 2.05) is 26.8 Å². The zero-order valence-corrected chi connectivity index (χ0v) is 14.9. The van der Waals surface area contributed by atoms with Crippen LogP contribution in [0.15, 0.2) is 18.2 Å². The summed E-state index contributed by atoms with van der Waals surface area (Å²) in [4.78, 5) is 12.1. The van der Waals surface area contributed by atoms with Crippen LogP contribution in [0, 0.1) is 13.8 Å². The molecule has 2 rings (SSSR count). The molecule has 0 saturated carbocycles. The van der Waals surface area contributed by atoms with Crippen molar-refractivity contribution in [3.05, 3.63) is 45.2 Å². The maximum Gasteiger partial charge on any atom is 0.224 e. The minimum Gasteiger partial charge on any atom is -0.352 e. The first-order valence-corrected chi connectivity index (χ1v) is 8.09. The zero-order valence-electron chi connectivity index (χ0n) is 13.4. The fraction of sp³-hybridized carbons (Fsp3) is 0.375. The SMILES string of the molecule is Cc1nn(-c2ccc(Cl)c(Cl)c2)c(C)c1CC(=O)N[C@@H](C)CN. The number of rotatable bonds is 5. The van der Waals surface area contributed by atoms with Crippen LogP contribution in [-0.2, 0) is 11.2 Å².